The van der Waals surface area contributed by atoms with Crippen LogP contribution in [0.4, 0.5) is 5.69 Å². The molecule has 1 N–H and O–H groups in total. The monoisotopic (exact) mass is 452 g/mol. The molecule has 3 aromatic carbocycles. The van der Waals surface area contributed by atoms with E-state index in [2.05, 4.69) is 0 Å². The maximum absolute atomic E-state index is 13.3. The van der Waals surface area contributed by atoms with E-state index in [1.54, 1.807) is 66.7 Å². The zero-order valence-corrected chi connectivity index (χ0v) is 18.3. The van der Waals surface area contributed by atoms with Crippen molar-refractivity contribution in [2.75, 3.05) is 18.6 Å². The molecule has 0 spiro atoms. The van der Waals surface area contributed by atoms with Crippen molar-refractivity contribution < 1.29 is 24.2 Å². The Kier molecular flexibility index (Phi) is 5.27. The van der Waals surface area contributed by atoms with E-state index in [-0.39, 0.29) is 11.3 Å². The molecule has 0 saturated carbocycles. The van der Waals surface area contributed by atoms with Crippen LogP contribution in [0.15, 0.2) is 72.3 Å². The number of methoxy groups -OCH3 is 1. The van der Waals surface area contributed by atoms with Gasteiger partial charge in [-0.3, -0.25) is 14.5 Å². The van der Waals surface area contributed by atoms with Crippen molar-refractivity contribution in [1.29, 1.82) is 5.26 Å². The molecule has 1 unspecified atom stereocenters. The van der Waals surface area contributed by atoms with E-state index in [0.717, 1.165) is 11.3 Å². The van der Waals surface area contributed by atoms with E-state index in [1.807, 2.05) is 6.07 Å². The first-order valence-corrected chi connectivity index (χ1v) is 10.7. The SMILES string of the molecule is COc1cccc(C2/C(=C(/O)c3ccc4c(c3)CCO4)C(=O)C(=O)N2c2ccc(C#N)cc2)c1. The van der Waals surface area contributed by atoms with Crippen LogP contribution in [-0.2, 0) is 16.0 Å². The maximum Gasteiger partial charge on any atom is 0.300 e. The number of amides is 1. The van der Waals surface area contributed by atoms with Crippen LogP contribution in [0.1, 0.15) is 28.3 Å². The molecule has 3 aromatic rings. The average molecular weight is 452 g/mol. The number of rotatable bonds is 4. The lowest BCUT2D eigenvalue weighted by atomic mass is 9.94. The zero-order chi connectivity index (χ0) is 23.8. The highest BCUT2D eigenvalue weighted by atomic mass is 16.5. The van der Waals surface area contributed by atoms with Crippen LogP contribution in [0, 0.1) is 11.3 Å². The third kappa shape index (κ3) is 3.46. The summed E-state index contributed by atoms with van der Waals surface area (Å²) in [7, 11) is 1.53. The number of carbonyl (C=O) groups is 2. The third-order valence-corrected chi connectivity index (χ3v) is 6.09. The molecule has 2 aliphatic rings. The van der Waals surface area contributed by atoms with Crippen molar-refractivity contribution >= 4 is 23.1 Å². The molecule has 2 heterocycles. The minimum absolute atomic E-state index is 0.0125. The number of Topliss-reactive ketones (excluding diaryl/α,β-unsaturated/α-hetero) is 1. The van der Waals surface area contributed by atoms with E-state index in [9.17, 15) is 14.7 Å². The zero-order valence-electron chi connectivity index (χ0n) is 18.3. The number of hydrogen-bond donors (Lipinski definition) is 1. The van der Waals surface area contributed by atoms with Crippen LogP contribution in [0.3, 0.4) is 0 Å². The summed E-state index contributed by atoms with van der Waals surface area (Å²) in [5.74, 6) is -0.497. The molecular formula is C27H20N2O5. The van der Waals surface area contributed by atoms with Gasteiger partial charge in [-0.1, -0.05) is 12.1 Å². The number of anilines is 1. The summed E-state index contributed by atoms with van der Waals surface area (Å²) in [6, 6.07) is 19.8. The first kappa shape index (κ1) is 21.3. The molecule has 1 saturated heterocycles. The second-order valence-electron chi connectivity index (χ2n) is 8.03. The van der Waals surface area contributed by atoms with Crippen molar-refractivity contribution in [1.82, 2.24) is 0 Å². The lowest BCUT2D eigenvalue weighted by molar-refractivity contribution is -0.132. The van der Waals surface area contributed by atoms with Crippen molar-refractivity contribution in [2.24, 2.45) is 0 Å². The van der Waals surface area contributed by atoms with Gasteiger partial charge in [0.25, 0.3) is 11.7 Å². The molecule has 2 aliphatic heterocycles. The second kappa shape index (κ2) is 8.41. The molecule has 1 amide bonds. The Morgan fingerprint density at radius 1 is 1.12 bits per heavy atom. The Morgan fingerprint density at radius 3 is 2.65 bits per heavy atom. The van der Waals surface area contributed by atoms with Crippen LogP contribution < -0.4 is 14.4 Å². The minimum Gasteiger partial charge on any atom is -0.507 e. The highest BCUT2D eigenvalue weighted by Gasteiger charge is 2.47. The Labute approximate surface area is 196 Å². The van der Waals surface area contributed by atoms with Crippen LogP contribution >= 0.6 is 0 Å². The van der Waals surface area contributed by atoms with Gasteiger partial charge in [0, 0.05) is 17.7 Å². The van der Waals surface area contributed by atoms with Gasteiger partial charge in [0.2, 0.25) is 0 Å². The molecule has 0 bridgehead atoms. The van der Waals surface area contributed by atoms with Gasteiger partial charge < -0.3 is 14.6 Å². The molecule has 7 nitrogen and oxygen atoms in total. The Balaban J connectivity index is 1.70. The quantitative estimate of drug-likeness (QED) is 0.363. The molecule has 34 heavy (non-hydrogen) atoms. The number of fused-ring (bicyclic) bond motifs is 1. The van der Waals surface area contributed by atoms with Crippen LogP contribution in [0.25, 0.3) is 5.76 Å². The summed E-state index contributed by atoms with van der Waals surface area (Å²) >= 11 is 0. The van der Waals surface area contributed by atoms with Crippen LogP contribution in [0.5, 0.6) is 11.5 Å². The summed E-state index contributed by atoms with van der Waals surface area (Å²) in [6.45, 7) is 0.562. The molecule has 7 heteroatoms. The van der Waals surface area contributed by atoms with Gasteiger partial charge in [-0.25, -0.2) is 0 Å². The summed E-state index contributed by atoms with van der Waals surface area (Å²) < 4.78 is 10.9. The van der Waals surface area contributed by atoms with Gasteiger partial charge in [0.15, 0.2) is 0 Å². The number of benzene rings is 3. The highest BCUT2D eigenvalue weighted by Crippen LogP contribution is 2.43. The summed E-state index contributed by atoms with van der Waals surface area (Å²) in [5, 5.41) is 20.4. The number of aliphatic hydroxyl groups is 1. The maximum atomic E-state index is 13.3. The second-order valence-corrected chi connectivity index (χ2v) is 8.03. The largest absolute Gasteiger partial charge is 0.507 e. The Hall–Kier alpha value is -4.57. The molecule has 0 radical (unpaired) electrons. The molecule has 0 aromatic heterocycles. The van der Waals surface area contributed by atoms with Gasteiger partial charge in [-0.05, 0) is 65.7 Å². The number of ketones is 1. The van der Waals surface area contributed by atoms with E-state index in [0.29, 0.717) is 41.2 Å². The van der Waals surface area contributed by atoms with Gasteiger partial charge in [0.1, 0.15) is 17.3 Å². The highest BCUT2D eigenvalue weighted by molar-refractivity contribution is 6.51. The van der Waals surface area contributed by atoms with Gasteiger partial charge in [-0.2, -0.15) is 5.26 Å². The van der Waals surface area contributed by atoms with Gasteiger partial charge >= 0.3 is 0 Å². The van der Waals surface area contributed by atoms with Gasteiger partial charge in [0.05, 0.1) is 37.0 Å². The summed E-state index contributed by atoms with van der Waals surface area (Å²) in [5.41, 5.74) is 2.84. The van der Waals surface area contributed by atoms with Crippen molar-refractivity contribution in [3.63, 3.8) is 0 Å². The topological polar surface area (TPSA) is 99.9 Å². The predicted octanol–water partition coefficient (Wildman–Crippen LogP) is 4.13. The number of aliphatic hydroxyl groups excluding tert-OH is 1. The summed E-state index contributed by atoms with van der Waals surface area (Å²) in [4.78, 5) is 27.9. The van der Waals surface area contributed by atoms with Crippen molar-refractivity contribution in [3.05, 3.63) is 94.6 Å². The fourth-order valence-corrected chi connectivity index (χ4v) is 4.41. The third-order valence-electron chi connectivity index (χ3n) is 6.09. The molecule has 5 rings (SSSR count). The molecule has 168 valence electrons. The standard InChI is InChI=1S/C27H20N2O5/c1-33-21-4-2-3-18(14-21)24-23(25(30)19-7-10-22-17(13-19)11-12-34-22)26(31)27(32)29(24)20-8-5-16(15-28)6-9-20/h2-10,13-14,24,30H,11-12H2,1H3/b25-23-. The number of nitrogens with zero attached hydrogens (tertiary/aromatic N) is 2. The number of hydrogen-bond acceptors (Lipinski definition) is 6. The number of ether oxygens (including phenoxy) is 2. The summed E-state index contributed by atoms with van der Waals surface area (Å²) in [6.07, 6.45) is 0.704. The average Bonchev–Trinajstić information content (AvgIpc) is 3.45. The lowest BCUT2D eigenvalue weighted by Gasteiger charge is -2.25. The van der Waals surface area contributed by atoms with E-state index in [4.69, 9.17) is 14.7 Å². The van der Waals surface area contributed by atoms with E-state index >= 15 is 0 Å². The van der Waals surface area contributed by atoms with E-state index in [1.165, 1.54) is 12.0 Å². The normalized spacial score (nSPS) is 18.4. The molecule has 1 atom stereocenters. The molecule has 0 aliphatic carbocycles. The van der Waals surface area contributed by atoms with Crippen molar-refractivity contribution in [2.45, 2.75) is 12.5 Å². The fraction of sp³-hybridized carbons (Fsp3) is 0.148. The van der Waals surface area contributed by atoms with Gasteiger partial charge in [-0.15, -0.1) is 0 Å². The van der Waals surface area contributed by atoms with Crippen molar-refractivity contribution in [3.8, 4) is 17.6 Å². The molecular weight excluding hydrogens is 432 g/mol. The first-order valence-electron chi connectivity index (χ1n) is 10.7. The minimum atomic E-state index is -0.882. The van der Waals surface area contributed by atoms with E-state index < -0.39 is 17.7 Å². The first-order chi connectivity index (χ1) is 16.5. The number of carbonyl (C=O) groups excluding carboxylic acids is 2. The predicted molar refractivity (Wildman–Crippen MR) is 125 cm³/mol. The smallest absolute Gasteiger partial charge is 0.300 e. The van der Waals surface area contributed by atoms with Crippen LogP contribution in [0.2, 0.25) is 0 Å². The Bertz CT molecular complexity index is 1380. The number of nitriles is 1. The lowest BCUT2D eigenvalue weighted by Crippen LogP contribution is -2.29. The molecule has 1 fully saturated rings. The Morgan fingerprint density at radius 2 is 1.91 bits per heavy atom. The fourth-order valence-electron chi connectivity index (χ4n) is 4.41. The van der Waals surface area contributed by atoms with Crippen LogP contribution in [-0.4, -0.2) is 30.5 Å².